The van der Waals surface area contributed by atoms with Crippen LogP contribution in [0, 0.1) is 0 Å². The minimum Gasteiger partial charge on any atom is -0.481 e. The summed E-state index contributed by atoms with van der Waals surface area (Å²) < 4.78 is 0.872. The van der Waals surface area contributed by atoms with E-state index in [0.29, 0.717) is 16.0 Å². The summed E-state index contributed by atoms with van der Waals surface area (Å²) in [5.74, 6) is -0.473. The molecule has 0 fully saturated rings. The molecule has 0 aliphatic carbocycles. The molecule has 0 unspecified atom stereocenters. The van der Waals surface area contributed by atoms with Crippen LogP contribution in [0.4, 0.5) is 0 Å². The Morgan fingerprint density at radius 2 is 2.33 bits per heavy atom. The maximum atomic E-state index is 10.4. The molecular weight excluding hydrogens is 342 g/mol. The number of thioether (sulfide) groups is 1. The van der Waals surface area contributed by atoms with Crippen molar-refractivity contribution in [3.05, 3.63) is 27.7 Å². The van der Waals surface area contributed by atoms with Crippen molar-refractivity contribution < 1.29 is 9.90 Å². The van der Waals surface area contributed by atoms with Gasteiger partial charge in [-0.3, -0.25) is 9.89 Å². The number of H-pyrrole nitrogens is 1. The quantitative estimate of drug-likeness (QED) is 0.830. The van der Waals surface area contributed by atoms with Crippen molar-refractivity contribution in [3.8, 4) is 11.4 Å². The number of nitrogens with one attached hydrogen (secondary N) is 1. The van der Waals surface area contributed by atoms with Gasteiger partial charge in [0.05, 0.1) is 10.8 Å². The molecule has 94 valence electrons. The summed E-state index contributed by atoms with van der Waals surface area (Å²) >= 11 is 10.4. The first-order valence-corrected chi connectivity index (χ1v) is 6.94. The van der Waals surface area contributed by atoms with Gasteiger partial charge in [0.2, 0.25) is 5.16 Å². The molecule has 0 amide bonds. The minimum absolute atomic E-state index is 0.0780. The van der Waals surface area contributed by atoms with E-state index in [9.17, 15) is 4.79 Å². The Balaban J connectivity index is 2.21. The molecule has 0 saturated carbocycles. The predicted molar refractivity (Wildman–Crippen MR) is 72.9 cm³/mol. The molecule has 0 bridgehead atoms. The van der Waals surface area contributed by atoms with E-state index >= 15 is 0 Å². The molecule has 5 nitrogen and oxygen atoms in total. The summed E-state index contributed by atoms with van der Waals surface area (Å²) in [6.07, 6.45) is 0. The second-order valence-electron chi connectivity index (χ2n) is 3.27. The predicted octanol–water partition coefficient (Wildman–Crippen LogP) is 3.06. The van der Waals surface area contributed by atoms with E-state index < -0.39 is 5.97 Å². The van der Waals surface area contributed by atoms with Gasteiger partial charge in [-0.2, -0.15) is 0 Å². The molecule has 8 heteroatoms. The van der Waals surface area contributed by atoms with Crippen LogP contribution >= 0.6 is 39.3 Å². The van der Waals surface area contributed by atoms with Gasteiger partial charge in [-0.25, -0.2) is 4.98 Å². The van der Waals surface area contributed by atoms with Gasteiger partial charge in [-0.15, -0.1) is 5.10 Å². The van der Waals surface area contributed by atoms with Crippen molar-refractivity contribution >= 4 is 45.3 Å². The van der Waals surface area contributed by atoms with Crippen molar-refractivity contribution in [2.75, 3.05) is 5.75 Å². The molecular formula is C10H7BrClN3O2S. The highest BCUT2D eigenvalue weighted by Gasteiger charge is 2.10. The molecule has 2 N–H and O–H groups in total. The normalized spacial score (nSPS) is 10.6. The number of halogens is 2. The number of carboxylic acids is 1. The zero-order valence-electron chi connectivity index (χ0n) is 8.85. The first-order chi connectivity index (χ1) is 8.56. The lowest BCUT2D eigenvalue weighted by atomic mass is 10.2. The summed E-state index contributed by atoms with van der Waals surface area (Å²) in [5, 5.41) is 16.1. The summed E-state index contributed by atoms with van der Waals surface area (Å²) in [6.45, 7) is 0. The largest absolute Gasteiger partial charge is 0.481 e. The van der Waals surface area contributed by atoms with E-state index in [1.807, 2.05) is 6.07 Å². The molecule has 0 saturated heterocycles. The Hall–Kier alpha value is -1.05. The van der Waals surface area contributed by atoms with Gasteiger partial charge < -0.3 is 5.11 Å². The highest BCUT2D eigenvalue weighted by Crippen LogP contribution is 2.29. The molecule has 18 heavy (non-hydrogen) atoms. The number of hydrogen-bond acceptors (Lipinski definition) is 4. The number of aromatic nitrogens is 3. The molecule has 0 atom stereocenters. The van der Waals surface area contributed by atoms with Crippen LogP contribution in [0.2, 0.25) is 5.02 Å². The van der Waals surface area contributed by atoms with Crippen LogP contribution in [0.3, 0.4) is 0 Å². The third kappa shape index (κ3) is 3.24. The second-order valence-corrected chi connectivity index (χ2v) is 5.54. The SMILES string of the molecule is O=C(O)CSc1n[nH]c(-c2ccc(Br)cc2Cl)n1. The van der Waals surface area contributed by atoms with Gasteiger partial charge in [0.15, 0.2) is 5.82 Å². The average molecular weight is 349 g/mol. The maximum absolute atomic E-state index is 10.4. The number of nitrogens with zero attached hydrogens (tertiary/aromatic N) is 2. The standard InChI is InChI=1S/C10H7BrClN3O2S/c11-5-1-2-6(7(12)3-5)9-13-10(15-14-9)18-4-8(16)17/h1-3H,4H2,(H,16,17)(H,13,14,15). The lowest BCUT2D eigenvalue weighted by Crippen LogP contribution is -1.97. The van der Waals surface area contributed by atoms with E-state index in [-0.39, 0.29) is 5.75 Å². The minimum atomic E-state index is -0.909. The topological polar surface area (TPSA) is 78.9 Å². The fourth-order valence-electron chi connectivity index (χ4n) is 1.24. The van der Waals surface area contributed by atoms with E-state index in [0.717, 1.165) is 21.8 Å². The summed E-state index contributed by atoms with van der Waals surface area (Å²) in [4.78, 5) is 14.6. The van der Waals surface area contributed by atoms with Crippen LogP contribution in [0.25, 0.3) is 11.4 Å². The Labute approximate surface area is 120 Å². The Morgan fingerprint density at radius 1 is 1.56 bits per heavy atom. The number of aliphatic carboxylic acids is 1. The Bertz CT molecular complexity index is 590. The number of carbonyl (C=O) groups is 1. The van der Waals surface area contributed by atoms with Gasteiger partial charge in [-0.05, 0) is 18.2 Å². The summed E-state index contributed by atoms with van der Waals surface area (Å²) in [5.41, 5.74) is 0.717. The molecule has 2 rings (SSSR count). The number of aromatic amines is 1. The van der Waals surface area contributed by atoms with Crippen LogP contribution in [-0.2, 0) is 4.79 Å². The number of hydrogen-bond donors (Lipinski definition) is 2. The summed E-state index contributed by atoms with van der Waals surface area (Å²) in [7, 11) is 0. The van der Waals surface area contributed by atoms with Gasteiger partial charge in [0.25, 0.3) is 0 Å². The van der Waals surface area contributed by atoms with Gasteiger partial charge in [0, 0.05) is 10.0 Å². The van der Waals surface area contributed by atoms with Crippen LogP contribution in [-0.4, -0.2) is 32.0 Å². The van der Waals surface area contributed by atoms with Crippen molar-refractivity contribution in [3.63, 3.8) is 0 Å². The van der Waals surface area contributed by atoms with Gasteiger partial charge in [0.1, 0.15) is 0 Å². The fraction of sp³-hybridized carbons (Fsp3) is 0.100. The zero-order valence-corrected chi connectivity index (χ0v) is 12.0. The van der Waals surface area contributed by atoms with E-state index in [2.05, 4.69) is 31.1 Å². The number of benzene rings is 1. The second kappa shape index (κ2) is 5.73. The van der Waals surface area contributed by atoms with Crippen LogP contribution in [0.15, 0.2) is 27.8 Å². The lowest BCUT2D eigenvalue weighted by molar-refractivity contribution is -0.133. The number of carboxylic acid groups (broad SMARTS) is 1. The lowest BCUT2D eigenvalue weighted by Gasteiger charge is -1.99. The smallest absolute Gasteiger partial charge is 0.313 e. The maximum Gasteiger partial charge on any atom is 0.313 e. The molecule has 1 heterocycles. The zero-order chi connectivity index (χ0) is 13.1. The Morgan fingerprint density at radius 3 is 3.00 bits per heavy atom. The van der Waals surface area contributed by atoms with Crippen molar-refractivity contribution in [2.45, 2.75) is 5.16 Å². The highest BCUT2D eigenvalue weighted by atomic mass is 79.9. The molecule has 1 aromatic heterocycles. The van der Waals surface area contributed by atoms with Gasteiger partial charge >= 0.3 is 5.97 Å². The first-order valence-electron chi connectivity index (χ1n) is 4.78. The molecule has 0 spiro atoms. The highest BCUT2D eigenvalue weighted by molar-refractivity contribution is 9.10. The monoisotopic (exact) mass is 347 g/mol. The van der Waals surface area contributed by atoms with Crippen LogP contribution < -0.4 is 0 Å². The average Bonchev–Trinajstić information content (AvgIpc) is 2.75. The third-order valence-corrected chi connectivity index (χ3v) is 3.61. The third-order valence-electron chi connectivity index (χ3n) is 1.98. The molecule has 2 aromatic rings. The number of rotatable bonds is 4. The van der Waals surface area contributed by atoms with Gasteiger partial charge in [-0.1, -0.05) is 39.3 Å². The van der Waals surface area contributed by atoms with Crippen molar-refractivity contribution in [2.24, 2.45) is 0 Å². The summed E-state index contributed by atoms with van der Waals surface area (Å²) in [6, 6.07) is 5.40. The van der Waals surface area contributed by atoms with Crippen molar-refractivity contribution in [1.82, 2.24) is 15.2 Å². The molecule has 0 aliphatic rings. The molecule has 1 aromatic carbocycles. The first kappa shape index (κ1) is 13.4. The van der Waals surface area contributed by atoms with Crippen LogP contribution in [0.5, 0.6) is 0 Å². The van der Waals surface area contributed by atoms with Crippen molar-refractivity contribution in [1.29, 1.82) is 0 Å². The van der Waals surface area contributed by atoms with E-state index in [4.69, 9.17) is 16.7 Å². The van der Waals surface area contributed by atoms with E-state index in [1.165, 1.54) is 0 Å². The molecule has 0 radical (unpaired) electrons. The fourth-order valence-corrected chi connectivity index (χ4v) is 2.52. The van der Waals surface area contributed by atoms with E-state index in [1.54, 1.807) is 12.1 Å². The van der Waals surface area contributed by atoms with Crippen LogP contribution in [0.1, 0.15) is 0 Å². The molecule has 0 aliphatic heterocycles. The Kier molecular flexibility index (Phi) is 4.26.